The molecule has 0 unspecified atom stereocenters. The first kappa shape index (κ1) is 8.67. The molecule has 1 amide bonds. The molecule has 0 bridgehead atoms. The van der Waals surface area contributed by atoms with Crippen LogP contribution in [-0.4, -0.2) is 10.9 Å². The Hall–Kier alpha value is -0.420. The smallest absolute Gasteiger partial charge is 0.223 e. The van der Waals surface area contributed by atoms with Crippen molar-refractivity contribution in [1.29, 1.82) is 0 Å². The highest BCUT2D eigenvalue weighted by atomic mass is 79.9. The Labute approximate surface area is 77.0 Å². The lowest BCUT2D eigenvalue weighted by atomic mass is 10.6. The van der Waals surface area contributed by atoms with Crippen molar-refractivity contribution >= 4 is 38.3 Å². The number of hydrogen-bond donors (Lipinski definition) is 1. The van der Waals surface area contributed by atoms with E-state index < -0.39 is 0 Å². The van der Waals surface area contributed by atoms with Crippen LogP contribution in [0, 0.1) is 6.92 Å². The van der Waals surface area contributed by atoms with E-state index in [1.165, 1.54) is 18.3 Å². The molecule has 0 atom stereocenters. The van der Waals surface area contributed by atoms with Gasteiger partial charge in [-0.05, 0) is 22.9 Å². The lowest BCUT2D eigenvalue weighted by molar-refractivity contribution is -0.114. The number of aromatic nitrogens is 1. The summed E-state index contributed by atoms with van der Waals surface area (Å²) in [5.74, 6) is -0.0914. The monoisotopic (exact) mass is 234 g/mol. The number of amides is 1. The van der Waals surface area contributed by atoms with Crippen LogP contribution in [0.4, 0.5) is 5.13 Å². The Morgan fingerprint density at radius 3 is 2.73 bits per heavy atom. The molecule has 1 rings (SSSR count). The summed E-state index contributed by atoms with van der Waals surface area (Å²) in [4.78, 5) is 14.7. The maximum absolute atomic E-state index is 10.6. The van der Waals surface area contributed by atoms with Crippen molar-refractivity contribution < 1.29 is 4.79 Å². The minimum absolute atomic E-state index is 0.0914. The van der Waals surface area contributed by atoms with E-state index in [0.29, 0.717) is 5.13 Å². The van der Waals surface area contributed by atoms with Crippen LogP contribution in [0.15, 0.2) is 3.79 Å². The largest absolute Gasteiger partial charge is 0.302 e. The van der Waals surface area contributed by atoms with Crippen molar-refractivity contribution in [2.24, 2.45) is 0 Å². The van der Waals surface area contributed by atoms with Gasteiger partial charge in [0.25, 0.3) is 0 Å². The number of thiazole rings is 1. The van der Waals surface area contributed by atoms with E-state index >= 15 is 0 Å². The zero-order valence-corrected chi connectivity index (χ0v) is 8.54. The number of rotatable bonds is 1. The van der Waals surface area contributed by atoms with Crippen LogP contribution in [-0.2, 0) is 4.79 Å². The fraction of sp³-hybridized carbons (Fsp3) is 0.333. The number of hydrogen-bond acceptors (Lipinski definition) is 3. The molecular formula is C6H7BrN2OS. The Morgan fingerprint density at radius 2 is 2.36 bits per heavy atom. The Balaban J connectivity index is 2.81. The number of carbonyl (C=O) groups excluding carboxylic acids is 1. The molecule has 3 nitrogen and oxygen atoms in total. The minimum Gasteiger partial charge on any atom is -0.302 e. The van der Waals surface area contributed by atoms with Crippen LogP contribution in [0.1, 0.15) is 12.6 Å². The lowest BCUT2D eigenvalue weighted by Crippen LogP contribution is -2.04. The fourth-order valence-corrected chi connectivity index (χ4v) is 1.87. The van der Waals surface area contributed by atoms with Gasteiger partial charge in [-0.25, -0.2) is 4.98 Å². The molecule has 0 radical (unpaired) electrons. The van der Waals surface area contributed by atoms with Gasteiger partial charge in [-0.1, -0.05) is 11.3 Å². The van der Waals surface area contributed by atoms with Crippen molar-refractivity contribution in [3.8, 4) is 0 Å². The third kappa shape index (κ3) is 2.27. The van der Waals surface area contributed by atoms with Crippen LogP contribution in [0.3, 0.4) is 0 Å². The maximum Gasteiger partial charge on any atom is 0.223 e. The van der Waals surface area contributed by atoms with Gasteiger partial charge in [-0.2, -0.15) is 0 Å². The van der Waals surface area contributed by atoms with Crippen LogP contribution in [0.2, 0.25) is 0 Å². The second-order valence-electron chi connectivity index (χ2n) is 2.06. The third-order valence-corrected chi connectivity index (χ3v) is 2.94. The zero-order chi connectivity index (χ0) is 8.43. The average Bonchev–Trinajstić information content (AvgIpc) is 2.10. The molecule has 1 heterocycles. The van der Waals surface area contributed by atoms with E-state index in [4.69, 9.17) is 0 Å². The molecule has 0 aromatic carbocycles. The van der Waals surface area contributed by atoms with E-state index in [1.807, 2.05) is 6.92 Å². The maximum atomic E-state index is 10.6. The molecule has 5 heteroatoms. The number of nitrogens with zero attached hydrogens (tertiary/aromatic N) is 1. The average molecular weight is 235 g/mol. The van der Waals surface area contributed by atoms with Gasteiger partial charge < -0.3 is 5.32 Å². The van der Waals surface area contributed by atoms with Gasteiger partial charge in [0, 0.05) is 6.92 Å². The van der Waals surface area contributed by atoms with Crippen LogP contribution in [0.25, 0.3) is 0 Å². The lowest BCUT2D eigenvalue weighted by Gasteiger charge is -1.91. The standard InChI is InChI=1S/C6H7BrN2OS/c1-3-5(7)11-6(8-3)9-4(2)10/h1-2H3,(H,8,9,10). The Kier molecular flexibility index (Phi) is 2.62. The second kappa shape index (κ2) is 3.32. The summed E-state index contributed by atoms with van der Waals surface area (Å²) in [5, 5.41) is 3.25. The van der Waals surface area contributed by atoms with E-state index in [2.05, 4.69) is 26.2 Å². The predicted octanol–water partition coefficient (Wildman–Crippen LogP) is 2.17. The summed E-state index contributed by atoms with van der Waals surface area (Å²) in [6, 6.07) is 0. The first-order valence-corrected chi connectivity index (χ1v) is 4.61. The van der Waals surface area contributed by atoms with E-state index in [0.717, 1.165) is 9.48 Å². The van der Waals surface area contributed by atoms with Gasteiger partial charge in [0.05, 0.1) is 9.48 Å². The number of carbonyl (C=O) groups is 1. The number of anilines is 1. The summed E-state index contributed by atoms with van der Waals surface area (Å²) >= 11 is 4.73. The molecule has 60 valence electrons. The molecule has 1 aromatic rings. The number of halogens is 1. The molecule has 0 spiro atoms. The van der Waals surface area contributed by atoms with E-state index in [-0.39, 0.29) is 5.91 Å². The Morgan fingerprint density at radius 1 is 1.73 bits per heavy atom. The van der Waals surface area contributed by atoms with E-state index in [9.17, 15) is 4.79 Å². The van der Waals surface area contributed by atoms with Gasteiger partial charge in [0.2, 0.25) is 5.91 Å². The summed E-state index contributed by atoms with van der Waals surface area (Å²) in [7, 11) is 0. The highest BCUT2D eigenvalue weighted by Crippen LogP contribution is 2.27. The SMILES string of the molecule is CC(=O)Nc1nc(C)c(Br)s1. The molecular weight excluding hydrogens is 228 g/mol. The van der Waals surface area contributed by atoms with Gasteiger partial charge in [0.15, 0.2) is 5.13 Å². The summed E-state index contributed by atoms with van der Waals surface area (Å²) in [5.41, 5.74) is 0.902. The number of aryl methyl sites for hydroxylation is 1. The molecule has 1 N–H and O–H groups in total. The van der Waals surface area contributed by atoms with Crippen molar-refractivity contribution in [2.75, 3.05) is 5.32 Å². The molecule has 0 saturated heterocycles. The molecule has 11 heavy (non-hydrogen) atoms. The normalized spacial score (nSPS) is 9.73. The third-order valence-electron chi connectivity index (χ3n) is 1.02. The summed E-state index contributed by atoms with van der Waals surface area (Å²) in [6.07, 6.45) is 0. The minimum atomic E-state index is -0.0914. The van der Waals surface area contributed by atoms with Gasteiger partial charge in [-0.15, -0.1) is 0 Å². The van der Waals surface area contributed by atoms with Gasteiger partial charge in [-0.3, -0.25) is 4.79 Å². The predicted molar refractivity (Wildman–Crippen MR) is 48.9 cm³/mol. The summed E-state index contributed by atoms with van der Waals surface area (Å²) in [6.45, 7) is 3.34. The first-order valence-electron chi connectivity index (χ1n) is 3.00. The van der Waals surface area contributed by atoms with Gasteiger partial charge in [0.1, 0.15) is 0 Å². The topological polar surface area (TPSA) is 42.0 Å². The molecule has 0 aliphatic rings. The Bertz CT molecular complexity index is 265. The van der Waals surface area contributed by atoms with Crippen molar-refractivity contribution in [3.05, 3.63) is 9.48 Å². The quantitative estimate of drug-likeness (QED) is 0.810. The van der Waals surface area contributed by atoms with Crippen molar-refractivity contribution in [2.45, 2.75) is 13.8 Å². The van der Waals surface area contributed by atoms with Crippen molar-refractivity contribution in [1.82, 2.24) is 4.98 Å². The van der Waals surface area contributed by atoms with E-state index in [1.54, 1.807) is 0 Å². The highest BCUT2D eigenvalue weighted by Gasteiger charge is 2.04. The van der Waals surface area contributed by atoms with Crippen LogP contribution >= 0.6 is 27.3 Å². The molecule has 0 saturated carbocycles. The molecule has 0 aliphatic heterocycles. The highest BCUT2D eigenvalue weighted by molar-refractivity contribution is 9.11. The molecule has 0 fully saturated rings. The van der Waals surface area contributed by atoms with Gasteiger partial charge >= 0.3 is 0 Å². The molecule has 1 aromatic heterocycles. The molecule has 0 aliphatic carbocycles. The first-order chi connectivity index (χ1) is 5.09. The number of nitrogens with one attached hydrogen (secondary N) is 1. The second-order valence-corrected chi connectivity index (χ2v) is 4.38. The zero-order valence-electron chi connectivity index (χ0n) is 6.14. The van der Waals surface area contributed by atoms with Crippen molar-refractivity contribution in [3.63, 3.8) is 0 Å². The van der Waals surface area contributed by atoms with Crippen LogP contribution in [0.5, 0.6) is 0 Å². The fourth-order valence-electron chi connectivity index (χ4n) is 0.582. The van der Waals surface area contributed by atoms with Crippen LogP contribution < -0.4 is 5.32 Å². The summed E-state index contributed by atoms with van der Waals surface area (Å²) < 4.78 is 0.959.